The Balaban J connectivity index is 1.80. The third-order valence-corrected chi connectivity index (χ3v) is 4.26. The van der Waals surface area contributed by atoms with Gasteiger partial charge in [-0.15, -0.1) is 10.2 Å². The third kappa shape index (κ3) is 4.81. The molecule has 0 bridgehead atoms. The zero-order valence-corrected chi connectivity index (χ0v) is 15.8. The van der Waals surface area contributed by atoms with Crippen molar-refractivity contribution in [1.29, 1.82) is 0 Å². The van der Waals surface area contributed by atoms with Gasteiger partial charge in [-0.25, -0.2) is 0 Å². The number of benzene rings is 1. The lowest BCUT2D eigenvalue weighted by Gasteiger charge is -2.19. The Kier molecular flexibility index (Phi) is 6.51. The molecular weight excluding hydrogens is 386 g/mol. The van der Waals surface area contributed by atoms with E-state index in [9.17, 15) is 10.1 Å². The van der Waals surface area contributed by atoms with Gasteiger partial charge in [0.25, 0.3) is 0 Å². The molecule has 0 spiro atoms. The van der Waals surface area contributed by atoms with Gasteiger partial charge in [0.05, 0.1) is 24.7 Å². The van der Waals surface area contributed by atoms with Gasteiger partial charge < -0.3 is 9.47 Å². The molecule has 0 radical (unpaired) electrons. The van der Waals surface area contributed by atoms with E-state index >= 15 is 0 Å². The zero-order valence-electron chi connectivity index (χ0n) is 15.1. The summed E-state index contributed by atoms with van der Waals surface area (Å²) in [6.07, 6.45) is 3.03. The standard InChI is InChI=1S/C18H18ClN5O4/c1-27-18-15(9-17(19)21-22-18)16(23-11-14(10-20-23)24(25)26)7-8-28-12-13-5-3-2-4-6-13/h2-6,9-11,16H,7-8,12H2,1H3. The quantitative estimate of drug-likeness (QED) is 0.306. The molecular formula is C18H18ClN5O4. The molecule has 0 N–H and O–H groups in total. The minimum Gasteiger partial charge on any atom is -0.480 e. The Morgan fingerprint density at radius 3 is 2.75 bits per heavy atom. The van der Waals surface area contributed by atoms with Crippen LogP contribution in [0.1, 0.15) is 23.6 Å². The molecule has 146 valence electrons. The molecule has 2 heterocycles. The first-order valence-electron chi connectivity index (χ1n) is 8.46. The van der Waals surface area contributed by atoms with Gasteiger partial charge in [0.1, 0.15) is 12.4 Å². The largest absolute Gasteiger partial charge is 0.480 e. The lowest BCUT2D eigenvalue weighted by molar-refractivity contribution is -0.385. The van der Waals surface area contributed by atoms with Gasteiger partial charge in [-0.05, 0) is 18.1 Å². The predicted octanol–water partition coefficient (Wildman–Crippen LogP) is 3.44. The summed E-state index contributed by atoms with van der Waals surface area (Å²) in [5, 5.41) is 23.1. The molecule has 1 atom stereocenters. The minimum absolute atomic E-state index is 0.109. The van der Waals surface area contributed by atoms with E-state index in [1.807, 2.05) is 30.3 Å². The van der Waals surface area contributed by atoms with E-state index in [0.717, 1.165) is 5.56 Å². The first-order valence-corrected chi connectivity index (χ1v) is 8.83. The molecule has 28 heavy (non-hydrogen) atoms. The number of hydrogen-bond acceptors (Lipinski definition) is 7. The molecule has 1 aromatic carbocycles. The fourth-order valence-corrected chi connectivity index (χ4v) is 2.90. The van der Waals surface area contributed by atoms with E-state index in [4.69, 9.17) is 21.1 Å². The van der Waals surface area contributed by atoms with Crippen LogP contribution in [0.2, 0.25) is 5.15 Å². The van der Waals surface area contributed by atoms with Crippen LogP contribution in [-0.2, 0) is 11.3 Å². The normalized spacial score (nSPS) is 11.9. The average Bonchev–Trinajstić information content (AvgIpc) is 3.19. The van der Waals surface area contributed by atoms with Crippen LogP contribution in [0.3, 0.4) is 0 Å². The maximum absolute atomic E-state index is 11.0. The Labute approximate surface area is 166 Å². The molecule has 2 aromatic heterocycles. The molecule has 0 aliphatic heterocycles. The summed E-state index contributed by atoms with van der Waals surface area (Å²) in [4.78, 5) is 10.5. The molecule has 0 aliphatic carbocycles. The van der Waals surface area contributed by atoms with Crippen LogP contribution in [0.25, 0.3) is 0 Å². The lowest BCUT2D eigenvalue weighted by Crippen LogP contribution is -2.16. The van der Waals surface area contributed by atoms with Crippen LogP contribution in [0.5, 0.6) is 5.88 Å². The van der Waals surface area contributed by atoms with Crippen LogP contribution in [0.15, 0.2) is 48.8 Å². The van der Waals surface area contributed by atoms with Gasteiger partial charge in [0.2, 0.25) is 5.88 Å². The molecule has 0 saturated heterocycles. The highest BCUT2D eigenvalue weighted by molar-refractivity contribution is 6.29. The first kappa shape index (κ1) is 19.7. The van der Waals surface area contributed by atoms with Crippen LogP contribution in [0, 0.1) is 10.1 Å². The van der Waals surface area contributed by atoms with Crippen LogP contribution >= 0.6 is 11.6 Å². The van der Waals surface area contributed by atoms with Crippen molar-refractivity contribution in [2.45, 2.75) is 19.1 Å². The maximum atomic E-state index is 11.0. The summed E-state index contributed by atoms with van der Waals surface area (Å²) in [5.74, 6) is 0.274. The van der Waals surface area contributed by atoms with E-state index < -0.39 is 11.0 Å². The van der Waals surface area contributed by atoms with E-state index in [1.54, 1.807) is 6.07 Å². The third-order valence-electron chi connectivity index (χ3n) is 4.08. The predicted molar refractivity (Wildman–Crippen MR) is 101 cm³/mol. The summed E-state index contributed by atoms with van der Waals surface area (Å²) >= 11 is 6.00. The molecule has 10 heteroatoms. The molecule has 9 nitrogen and oxygen atoms in total. The first-order chi connectivity index (χ1) is 13.6. The topological polar surface area (TPSA) is 105 Å². The summed E-state index contributed by atoms with van der Waals surface area (Å²) in [7, 11) is 1.47. The highest BCUT2D eigenvalue weighted by atomic mass is 35.5. The van der Waals surface area contributed by atoms with Gasteiger partial charge in [-0.3, -0.25) is 14.8 Å². The number of nitrogens with zero attached hydrogens (tertiary/aromatic N) is 5. The van der Waals surface area contributed by atoms with E-state index in [0.29, 0.717) is 25.2 Å². The van der Waals surface area contributed by atoms with Crippen molar-refractivity contribution in [1.82, 2.24) is 20.0 Å². The van der Waals surface area contributed by atoms with Crippen molar-refractivity contribution in [3.63, 3.8) is 0 Å². The fraction of sp³-hybridized carbons (Fsp3) is 0.278. The van der Waals surface area contributed by atoms with Crippen molar-refractivity contribution < 1.29 is 14.4 Å². The zero-order chi connectivity index (χ0) is 19.9. The second kappa shape index (κ2) is 9.25. The van der Waals surface area contributed by atoms with Crippen molar-refractivity contribution in [3.8, 4) is 5.88 Å². The number of aromatic nitrogens is 4. The van der Waals surface area contributed by atoms with Crippen molar-refractivity contribution >= 4 is 17.3 Å². The maximum Gasteiger partial charge on any atom is 0.307 e. The molecule has 0 fully saturated rings. The van der Waals surface area contributed by atoms with Gasteiger partial charge in [-0.2, -0.15) is 5.10 Å². The minimum atomic E-state index is -0.499. The van der Waals surface area contributed by atoms with Crippen LogP contribution in [0.4, 0.5) is 5.69 Å². The van der Waals surface area contributed by atoms with E-state index in [2.05, 4.69) is 15.3 Å². The molecule has 0 saturated carbocycles. The number of rotatable bonds is 9. The summed E-state index contributed by atoms with van der Waals surface area (Å²) < 4.78 is 12.5. The SMILES string of the molecule is COc1nnc(Cl)cc1C(CCOCc1ccccc1)n1cc([N+](=O)[O-])cn1. The fourth-order valence-electron chi connectivity index (χ4n) is 2.75. The highest BCUT2D eigenvalue weighted by Gasteiger charge is 2.23. The molecule has 3 rings (SSSR count). The van der Waals surface area contributed by atoms with Crippen LogP contribution in [-0.4, -0.2) is 38.6 Å². The lowest BCUT2D eigenvalue weighted by atomic mass is 10.1. The van der Waals surface area contributed by atoms with Crippen molar-refractivity contribution in [2.75, 3.05) is 13.7 Å². The number of nitro groups is 1. The Bertz CT molecular complexity index is 935. The Morgan fingerprint density at radius 1 is 1.29 bits per heavy atom. The second-order valence-corrected chi connectivity index (χ2v) is 6.30. The molecule has 0 aliphatic rings. The summed E-state index contributed by atoms with van der Waals surface area (Å²) in [6, 6.07) is 11.0. The van der Waals surface area contributed by atoms with Crippen molar-refractivity contribution in [3.05, 3.63) is 75.2 Å². The number of methoxy groups -OCH3 is 1. The number of ether oxygens (including phenoxy) is 2. The van der Waals surface area contributed by atoms with E-state index in [-0.39, 0.29) is 16.7 Å². The van der Waals surface area contributed by atoms with Crippen LogP contribution < -0.4 is 4.74 Å². The highest BCUT2D eigenvalue weighted by Crippen LogP contribution is 2.30. The van der Waals surface area contributed by atoms with E-state index in [1.165, 1.54) is 24.2 Å². The van der Waals surface area contributed by atoms with Gasteiger partial charge in [0, 0.05) is 12.2 Å². The molecule has 0 amide bonds. The van der Waals surface area contributed by atoms with Gasteiger partial charge >= 0.3 is 5.69 Å². The number of halogens is 1. The molecule has 3 aromatic rings. The Morgan fingerprint density at radius 2 is 2.07 bits per heavy atom. The molecule has 1 unspecified atom stereocenters. The van der Waals surface area contributed by atoms with Gasteiger partial charge in [-0.1, -0.05) is 41.9 Å². The summed E-state index contributed by atoms with van der Waals surface area (Å²) in [6.45, 7) is 0.843. The van der Waals surface area contributed by atoms with Gasteiger partial charge in [0.15, 0.2) is 5.15 Å². The number of hydrogen-bond donors (Lipinski definition) is 0. The second-order valence-electron chi connectivity index (χ2n) is 5.91. The van der Waals surface area contributed by atoms with Crippen molar-refractivity contribution in [2.24, 2.45) is 0 Å². The Hall–Kier alpha value is -3.04. The summed E-state index contributed by atoms with van der Waals surface area (Å²) in [5.41, 5.74) is 1.56. The average molecular weight is 404 g/mol. The monoisotopic (exact) mass is 403 g/mol. The smallest absolute Gasteiger partial charge is 0.307 e.